The number of nitrogens with zero attached hydrogens (tertiary/aromatic N) is 2. The number of rotatable bonds is 2. The maximum Gasteiger partial charge on any atom is 0.282 e. The largest absolute Gasteiger partial charge is 0.326 e. The summed E-state index contributed by atoms with van der Waals surface area (Å²) in [5.41, 5.74) is 5.90. The Bertz CT molecular complexity index is 361. The van der Waals surface area contributed by atoms with Gasteiger partial charge in [-0.1, -0.05) is 13.3 Å². The Kier molecular flexibility index (Phi) is 3.77. The van der Waals surface area contributed by atoms with Crippen molar-refractivity contribution in [3.05, 3.63) is 0 Å². The molecular formula is C11H23N3O2S. The van der Waals surface area contributed by atoms with E-state index in [1.165, 1.54) is 0 Å². The molecule has 2 aliphatic heterocycles. The third-order valence-corrected chi connectivity index (χ3v) is 6.09. The molecule has 0 aromatic heterocycles. The van der Waals surface area contributed by atoms with Gasteiger partial charge >= 0.3 is 0 Å². The summed E-state index contributed by atoms with van der Waals surface area (Å²) in [6.45, 7) is 5.69. The first-order valence-electron chi connectivity index (χ1n) is 6.45. The summed E-state index contributed by atoms with van der Waals surface area (Å²) in [4.78, 5) is 0. The highest BCUT2D eigenvalue weighted by Crippen LogP contribution is 2.26. The zero-order valence-corrected chi connectivity index (χ0v) is 11.5. The maximum absolute atomic E-state index is 12.5. The SMILES string of the molecule is CC1CN(S(=O)(=O)N2CCCCC2C)CC1N. The predicted molar refractivity (Wildman–Crippen MR) is 67.7 cm³/mol. The van der Waals surface area contributed by atoms with Gasteiger partial charge in [0.15, 0.2) is 0 Å². The molecule has 0 saturated carbocycles. The Morgan fingerprint density at radius 3 is 2.41 bits per heavy atom. The molecule has 0 bridgehead atoms. The van der Waals surface area contributed by atoms with Crippen LogP contribution < -0.4 is 5.73 Å². The molecule has 0 amide bonds. The quantitative estimate of drug-likeness (QED) is 0.781. The Balaban J connectivity index is 2.13. The fraction of sp³-hybridized carbons (Fsp3) is 1.00. The fourth-order valence-corrected chi connectivity index (χ4v) is 4.70. The number of piperidine rings is 1. The molecule has 2 fully saturated rings. The van der Waals surface area contributed by atoms with E-state index >= 15 is 0 Å². The van der Waals surface area contributed by atoms with E-state index in [1.54, 1.807) is 8.61 Å². The van der Waals surface area contributed by atoms with Crippen molar-refractivity contribution in [2.45, 2.75) is 45.2 Å². The van der Waals surface area contributed by atoms with Crippen LogP contribution in [-0.2, 0) is 10.2 Å². The van der Waals surface area contributed by atoms with Gasteiger partial charge in [-0.25, -0.2) is 0 Å². The van der Waals surface area contributed by atoms with E-state index in [-0.39, 0.29) is 18.0 Å². The van der Waals surface area contributed by atoms with Crippen LogP contribution in [0.5, 0.6) is 0 Å². The number of hydrogen-bond acceptors (Lipinski definition) is 3. The van der Waals surface area contributed by atoms with E-state index in [2.05, 4.69) is 0 Å². The van der Waals surface area contributed by atoms with Crippen molar-refractivity contribution in [2.75, 3.05) is 19.6 Å². The monoisotopic (exact) mass is 261 g/mol. The van der Waals surface area contributed by atoms with E-state index in [0.29, 0.717) is 19.6 Å². The summed E-state index contributed by atoms with van der Waals surface area (Å²) >= 11 is 0. The van der Waals surface area contributed by atoms with E-state index in [9.17, 15) is 8.42 Å². The Morgan fingerprint density at radius 1 is 1.18 bits per heavy atom. The third-order valence-electron chi connectivity index (χ3n) is 4.00. The first-order chi connectivity index (χ1) is 7.93. The second-order valence-electron chi connectivity index (χ2n) is 5.42. The minimum Gasteiger partial charge on any atom is -0.326 e. The average Bonchev–Trinajstić information content (AvgIpc) is 2.60. The fourth-order valence-electron chi connectivity index (χ4n) is 2.70. The first-order valence-corrected chi connectivity index (χ1v) is 7.85. The van der Waals surface area contributed by atoms with Crippen LogP contribution in [0.4, 0.5) is 0 Å². The number of hydrogen-bond donors (Lipinski definition) is 1. The summed E-state index contributed by atoms with van der Waals surface area (Å²) in [6, 6.07) is 0.103. The lowest BCUT2D eigenvalue weighted by molar-refractivity contribution is 0.249. The van der Waals surface area contributed by atoms with Gasteiger partial charge in [0.05, 0.1) is 0 Å². The molecule has 2 rings (SSSR count). The van der Waals surface area contributed by atoms with Crippen LogP contribution >= 0.6 is 0 Å². The normalized spacial score (nSPS) is 37.5. The zero-order valence-electron chi connectivity index (χ0n) is 10.7. The van der Waals surface area contributed by atoms with Gasteiger partial charge in [0.1, 0.15) is 0 Å². The van der Waals surface area contributed by atoms with Gasteiger partial charge in [0.2, 0.25) is 0 Å². The van der Waals surface area contributed by atoms with Crippen LogP contribution in [0.1, 0.15) is 33.1 Å². The van der Waals surface area contributed by atoms with Crippen LogP contribution in [0.25, 0.3) is 0 Å². The summed E-state index contributed by atoms with van der Waals surface area (Å²) < 4.78 is 28.2. The van der Waals surface area contributed by atoms with E-state index in [4.69, 9.17) is 5.73 Å². The standard InChI is InChI=1S/C11H23N3O2S/c1-9-7-13(8-11(9)12)17(15,16)14-6-4-3-5-10(14)2/h9-11H,3-8,12H2,1-2H3. The summed E-state index contributed by atoms with van der Waals surface area (Å²) in [6.07, 6.45) is 3.07. The van der Waals surface area contributed by atoms with Gasteiger partial charge in [-0.05, 0) is 25.7 Å². The van der Waals surface area contributed by atoms with E-state index < -0.39 is 10.2 Å². The second kappa shape index (κ2) is 4.84. The van der Waals surface area contributed by atoms with Crippen molar-refractivity contribution in [3.8, 4) is 0 Å². The van der Waals surface area contributed by atoms with Crippen molar-refractivity contribution in [1.29, 1.82) is 0 Å². The minimum absolute atomic E-state index is 0.0233. The molecular weight excluding hydrogens is 238 g/mol. The molecule has 2 aliphatic rings. The highest BCUT2D eigenvalue weighted by atomic mass is 32.2. The van der Waals surface area contributed by atoms with Crippen molar-refractivity contribution >= 4 is 10.2 Å². The molecule has 6 heteroatoms. The molecule has 0 aromatic carbocycles. The Morgan fingerprint density at radius 2 is 1.88 bits per heavy atom. The van der Waals surface area contributed by atoms with Crippen molar-refractivity contribution in [3.63, 3.8) is 0 Å². The predicted octanol–water partition coefficient (Wildman–Crippen LogP) is 0.385. The Hall–Kier alpha value is -0.170. The highest BCUT2D eigenvalue weighted by molar-refractivity contribution is 7.86. The molecule has 17 heavy (non-hydrogen) atoms. The third kappa shape index (κ3) is 2.50. The van der Waals surface area contributed by atoms with Gasteiger partial charge in [-0.15, -0.1) is 0 Å². The van der Waals surface area contributed by atoms with Crippen LogP contribution in [0.2, 0.25) is 0 Å². The van der Waals surface area contributed by atoms with Crippen molar-refractivity contribution < 1.29 is 8.42 Å². The molecule has 2 heterocycles. The van der Waals surface area contributed by atoms with Crippen molar-refractivity contribution in [2.24, 2.45) is 11.7 Å². The van der Waals surface area contributed by atoms with Gasteiger partial charge in [-0.2, -0.15) is 17.0 Å². The zero-order chi connectivity index (χ0) is 12.6. The minimum atomic E-state index is -3.29. The smallest absolute Gasteiger partial charge is 0.282 e. The molecule has 0 aliphatic carbocycles. The van der Waals surface area contributed by atoms with Crippen LogP contribution in [0.3, 0.4) is 0 Å². The van der Waals surface area contributed by atoms with Gasteiger partial charge in [0.25, 0.3) is 10.2 Å². The summed E-state index contributed by atoms with van der Waals surface area (Å²) in [7, 11) is -3.29. The van der Waals surface area contributed by atoms with Crippen LogP contribution in [-0.4, -0.2) is 48.7 Å². The lowest BCUT2D eigenvalue weighted by atomic mass is 10.1. The van der Waals surface area contributed by atoms with E-state index in [0.717, 1.165) is 19.3 Å². The summed E-state index contributed by atoms with van der Waals surface area (Å²) in [5, 5.41) is 0. The average molecular weight is 261 g/mol. The van der Waals surface area contributed by atoms with Crippen LogP contribution in [0.15, 0.2) is 0 Å². The summed E-state index contributed by atoms with van der Waals surface area (Å²) in [5.74, 6) is 0.255. The molecule has 0 radical (unpaired) electrons. The van der Waals surface area contributed by atoms with Crippen LogP contribution in [0, 0.1) is 5.92 Å². The molecule has 0 aromatic rings. The highest BCUT2D eigenvalue weighted by Gasteiger charge is 2.40. The molecule has 2 N–H and O–H groups in total. The van der Waals surface area contributed by atoms with E-state index in [1.807, 2.05) is 13.8 Å². The first kappa shape index (κ1) is 13.3. The Labute approximate surface area is 104 Å². The molecule has 3 unspecified atom stereocenters. The van der Waals surface area contributed by atoms with Gasteiger partial charge in [0, 0.05) is 31.7 Å². The topological polar surface area (TPSA) is 66.6 Å². The van der Waals surface area contributed by atoms with Crippen molar-refractivity contribution in [1.82, 2.24) is 8.61 Å². The lowest BCUT2D eigenvalue weighted by Crippen LogP contribution is -2.49. The van der Waals surface area contributed by atoms with Gasteiger partial charge < -0.3 is 5.73 Å². The number of nitrogens with two attached hydrogens (primary N) is 1. The van der Waals surface area contributed by atoms with Gasteiger partial charge in [-0.3, -0.25) is 0 Å². The second-order valence-corrected chi connectivity index (χ2v) is 7.30. The molecule has 5 nitrogen and oxygen atoms in total. The maximum atomic E-state index is 12.5. The molecule has 3 atom stereocenters. The lowest BCUT2D eigenvalue weighted by Gasteiger charge is -2.35. The molecule has 100 valence electrons. The molecule has 2 saturated heterocycles. The molecule has 0 spiro atoms.